The summed E-state index contributed by atoms with van der Waals surface area (Å²) in [7, 11) is 0. The van der Waals surface area contributed by atoms with Crippen LogP contribution in [0.3, 0.4) is 0 Å². The van der Waals surface area contributed by atoms with Crippen molar-refractivity contribution in [3.63, 3.8) is 0 Å². The Labute approximate surface area is 230 Å². The van der Waals surface area contributed by atoms with Crippen LogP contribution in [0.25, 0.3) is 0 Å². The molecule has 0 saturated heterocycles. The normalized spacial score (nSPS) is 19.0. The van der Waals surface area contributed by atoms with Gasteiger partial charge in [0.25, 0.3) is 0 Å². The highest BCUT2D eigenvalue weighted by molar-refractivity contribution is 6.04. The number of benzene rings is 3. The number of Topliss-reactive ketones (excluding diaryl/α,β-unsaturated/α-hetero) is 1. The van der Waals surface area contributed by atoms with Gasteiger partial charge in [-0.15, -0.1) is 0 Å². The second-order valence-electron chi connectivity index (χ2n) is 10.8. The van der Waals surface area contributed by atoms with Gasteiger partial charge < -0.3 is 14.8 Å². The SMILES string of the molecule is CC1=C(C(=O)OCC(C)C)[C@H](c2ccc(OCc3ccccc3)cc2)C2=C(C[C@@H](c3ccccc3)CC2=O)N1. The molecule has 1 aliphatic carbocycles. The molecular formula is C34H35NO4. The largest absolute Gasteiger partial charge is 0.489 e. The number of esters is 1. The Morgan fingerprint density at radius 2 is 1.56 bits per heavy atom. The molecule has 2 atom stereocenters. The smallest absolute Gasteiger partial charge is 0.336 e. The molecular weight excluding hydrogens is 486 g/mol. The zero-order valence-corrected chi connectivity index (χ0v) is 22.8. The number of carbonyl (C=O) groups is 2. The summed E-state index contributed by atoms with van der Waals surface area (Å²) in [5, 5.41) is 3.43. The Balaban J connectivity index is 1.47. The number of dihydropyridines is 1. The van der Waals surface area contributed by atoms with E-state index in [1.807, 2.05) is 93.6 Å². The third kappa shape index (κ3) is 5.98. The zero-order valence-electron chi connectivity index (χ0n) is 22.8. The van der Waals surface area contributed by atoms with Gasteiger partial charge in [-0.2, -0.15) is 0 Å². The van der Waals surface area contributed by atoms with Gasteiger partial charge in [0.1, 0.15) is 12.4 Å². The molecule has 1 N–H and O–H groups in total. The van der Waals surface area contributed by atoms with Crippen LogP contribution in [0.4, 0.5) is 0 Å². The van der Waals surface area contributed by atoms with Crippen LogP contribution in [0, 0.1) is 5.92 Å². The minimum absolute atomic E-state index is 0.0636. The summed E-state index contributed by atoms with van der Waals surface area (Å²) in [6, 6.07) is 27.9. The van der Waals surface area contributed by atoms with Crippen molar-refractivity contribution in [2.45, 2.75) is 52.1 Å². The Morgan fingerprint density at radius 1 is 0.897 bits per heavy atom. The van der Waals surface area contributed by atoms with Crippen LogP contribution < -0.4 is 10.1 Å². The number of rotatable bonds is 8. The van der Waals surface area contributed by atoms with E-state index >= 15 is 0 Å². The fraction of sp³-hybridized carbons (Fsp3) is 0.294. The average molecular weight is 522 g/mol. The number of allylic oxidation sites excluding steroid dienone is 3. The zero-order chi connectivity index (χ0) is 27.4. The Bertz CT molecular complexity index is 1390. The van der Waals surface area contributed by atoms with Crippen molar-refractivity contribution in [1.29, 1.82) is 0 Å². The molecule has 5 nitrogen and oxygen atoms in total. The highest BCUT2D eigenvalue weighted by Crippen LogP contribution is 2.46. The van der Waals surface area contributed by atoms with Gasteiger partial charge in [0, 0.05) is 29.3 Å². The van der Waals surface area contributed by atoms with Crippen LogP contribution in [0.5, 0.6) is 5.75 Å². The lowest BCUT2D eigenvalue weighted by atomic mass is 9.71. The minimum Gasteiger partial charge on any atom is -0.489 e. The topological polar surface area (TPSA) is 64.6 Å². The summed E-state index contributed by atoms with van der Waals surface area (Å²) >= 11 is 0. The first-order valence-corrected chi connectivity index (χ1v) is 13.6. The van der Waals surface area contributed by atoms with Crippen molar-refractivity contribution in [2.24, 2.45) is 5.92 Å². The monoisotopic (exact) mass is 521 g/mol. The Kier molecular flexibility index (Phi) is 7.97. The van der Waals surface area contributed by atoms with Gasteiger partial charge in [0.15, 0.2) is 5.78 Å². The molecule has 1 aliphatic heterocycles. The lowest BCUT2D eigenvalue weighted by molar-refractivity contribution is -0.140. The van der Waals surface area contributed by atoms with Gasteiger partial charge in [-0.25, -0.2) is 4.79 Å². The van der Waals surface area contributed by atoms with Crippen LogP contribution in [0.15, 0.2) is 107 Å². The fourth-order valence-corrected chi connectivity index (χ4v) is 5.42. The Hall–Kier alpha value is -4.12. The molecule has 200 valence electrons. The van der Waals surface area contributed by atoms with Crippen molar-refractivity contribution in [1.82, 2.24) is 5.32 Å². The van der Waals surface area contributed by atoms with Crippen LogP contribution in [-0.4, -0.2) is 18.4 Å². The molecule has 5 rings (SSSR count). The molecule has 0 amide bonds. The van der Waals surface area contributed by atoms with E-state index in [1.165, 1.54) is 0 Å². The van der Waals surface area contributed by atoms with E-state index in [9.17, 15) is 9.59 Å². The van der Waals surface area contributed by atoms with Crippen molar-refractivity contribution in [3.8, 4) is 5.75 Å². The molecule has 0 bridgehead atoms. The lowest BCUT2D eigenvalue weighted by Gasteiger charge is -2.36. The minimum atomic E-state index is -0.492. The van der Waals surface area contributed by atoms with E-state index in [4.69, 9.17) is 9.47 Å². The van der Waals surface area contributed by atoms with Gasteiger partial charge in [-0.3, -0.25) is 4.79 Å². The van der Waals surface area contributed by atoms with Crippen LogP contribution in [0.2, 0.25) is 0 Å². The molecule has 3 aromatic rings. The number of ether oxygens (including phenoxy) is 2. The molecule has 3 aromatic carbocycles. The summed E-state index contributed by atoms with van der Waals surface area (Å²) in [6.07, 6.45) is 1.12. The van der Waals surface area contributed by atoms with Gasteiger partial charge in [-0.05, 0) is 54.0 Å². The molecule has 0 fully saturated rings. The van der Waals surface area contributed by atoms with Crippen molar-refractivity contribution >= 4 is 11.8 Å². The van der Waals surface area contributed by atoms with Gasteiger partial charge in [0.2, 0.25) is 0 Å². The number of carbonyl (C=O) groups excluding carboxylic acids is 2. The van der Waals surface area contributed by atoms with Crippen LogP contribution >= 0.6 is 0 Å². The first-order chi connectivity index (χ1) is 18.9. The molecule has 2 aliphatic rings. The third-order valence-electron chi connectivity index (χ3n) is 7.33. The molecule has 1 heterocycles. The van der Waals surface area contributed by atoms with E-state index in [0.29, 0.717) is 37.2 Å². The standard InChI is InChI=1S/C34H35NO4/c1-22(2)20-39-34(37)31-23(3)35-29-18-27(25-12-8-5-9-13-25)19-30(36)33(29)32(31)26-14-16-28(17-15-26)38-21-24-10-6-4-7-11-24/h4-17,22,27,32,35H,18-21H2,1-3H3/t27-,32+/m1/s1. The predicted octanol–water partition coefficient (Wildman–Crippen LogP) is 6.83. The van der Waals surface area contributed by atoms with Crippen molar-refractivity contribution in [3.05, 3.63) is 124 Å². The van der Waals surface area contributed by atoms with E-state index in [0.717, 1.165) is 33.8 Å². The highest BCUT2D eigenvalue weighted by atomic mass is 16.5. The van der Waals surface area contributed by atoms with Crippen molar-refractivity contribution < 1.29 is 19.1 Å². The summed E-state index contributed by atoms with van der Waals surface area (Å²) in [4.78, 5) is 27.2. The maximum atomic E-state index is 13.8. The van der Waals surface area contributed by atoms with Crippen LogP contribution in [-0.2, 0) is 20.9 Å². The molecule has 39 heavy (non-hydrogen) atoms. The number of hydrogen-bond donors (Lipinski definition) is 1. The molecule has 0 unspecified atom stereocenters. The number of ketones is 1. The van der Waals surface area contributed by atoms with Gasteiger partial charge in [-0.1, -0.05) is 86.6 Å². The second-order valence-corrected chi connectivity index (χ2v) is 10.8. The summed E-state index contributed by atoms with van der Waals surface area (Å²) in [5.74, 6) is 0.231. The number of hydrogen-bond acceptors (Lipinski definition) is 5. The highest BCUT2D eigenvalue weighted by Gasteiger charge is 2.41. The second kappa shape index (κ2) is 11.7. The summed E-state index contributed by atoms with van der Waals surface area (Å²) in [6.45, 7) is 6.71. The first-order valence-electron chi connectivity index (χ1n) is 13.6. The van der Waals surface area contributed by atoms with E-state index in [2.05, 4.69) is 17.4 Å². The van der Waals surface area contributed by atoms with E-state index < -0.39 is 5.92 Å². The number of nitrogens with one attached hydrogen (secondary N) is 1. The predicted molar refractivity (Wildman–Crippen MR) is 152 cm³/mol. The maximum absolute atomic E-state index is 13.8. The molecule has 0 radical (unpaired) electrons. The average Bonchev–Trinajstić information content (AvgIpc) is 2.95. The third-order valence-corrected chi connectivity index (χ3v) is 7.33. The van der Waals surface area contributed by atoms with Gasteiger partial charge in [0.05, 0.1) is 12.2 Å². The van der Waals surface area contributed by atoms with Crippen molar-refractivity contribution in [2.75, 3.05) is 6.61 Å². The molecule has 0 spiro atoms. The Morgan fingerprint density at radius 3 is 2.23 bits per heavy atom. The van der Waals surface area contributed by atoms with E-state index in [1.54, 1.807) is 0 Å². The maximum Gasteiger partial charge on any atom is 0.336 e. The lowest BCUT2D eigenvalue weighted by Crippen LogP contribution is -2.36. The first kappa shape index (κ1) is 26.5. The fourth-order valence-electron chi connectivity index (χ4n) is 5.42. The van der Waals surface area contributed by atoms with Gasteiger partial charge >= 0.3 is 5.97 Å². The quantitative estimate of drug-likeness (QED) is 0.329. The van der Waals surface area contributed by atoms with E-state index in [-0.39, 0.29) is 23.6 Å². The molecule has 0 aromatic heterocycles. The molecule has 5 heteroatoms. The van der Waals surface area contributed by atoms with Crippen LogP contribution in [0.1, 0.15) is 62.1 Å². The molecule has 0 saturated carbocycles. The summed E-state index contributed by atoms with van der Waals surface area (Å²) in [5.41, 5.74) is 5.91. The summed E-state index contributed by atoms with van der Waals surface area (Å²) < 4.78 is 11.7.